The molecule has 2 atom stereocenters. The molecule has 1 N–H and O–H groups in total. The lowest BCUT2D eigenvalue weighted by Gasteiger charge is -2.28. The lowest BCUT2D eigenvalue weighted by molar-refractivity contribution is -0.139. The minimum absolute atomic E-state index is 0.169. The first-order chi connectivity index (χ1) is 16.4. The molecule has 3 heterocycles. The zero-order valence-corrected chi connectivity index (χ0v) is 18.9. The Labute approximate surface area is 196 Å². The molecule has 34 heavy (non-hydrogen) atoms. The average Bonchev–Trinajstić information content (AvgIpc) is 3.44. The molecule has 9 heteroatoms. The van der Waals surface area contributed by atoms with E-state index in [-0.39, 0.29) is 24.9 Å². The highest BCUT2D eigenvalue weighted by molar-refractivity contribution is 6.09. The molecule has 0 spiro atoms. The molecular formula is C25H26FN3O5. The Balaban J connectivity index is 1.35. The van der Waals surface area contributed by atoms with Gasteiger partial charge in [0.1, 0.15) is 31.1 Å². The van der Waals surface area contributed by atoms with Crippen molar-refractivity contribution in [3.05, 3.63) is 59.4 Å². The Hall–Kier alpha value is -3.62. The van der Waals surface area contributed by atoms with Crippen LogP contribution in [0.1, 0.15) is 43.4 Å². The number of likely N-dealkylation sites (tertiary alicyclic amines) is 1. The predicted molar refractivity (Wildman–Crippen MR) is 120 cm³/mol. The van der Waals surface area contributed by atoms with Crippen molar-refractivity contribution in [2.24, 2.45) is 0 Å². The van der Waals surface area contributed by atoms with Gasteiger partial charge < -0.3 is 19.7 Å². The molecule has 5 rings (SSSR count). The van der Waals surface area contributed by atoms with Crippen molar-refractivity contribution in [1.82, 2.24) is 15.1 Å². The zero-order valence-electron chi connectivity index (χ0n) is 18.9. The van der Waals surface area contributed by atoms with Gasteiger partial charge >= 0.3 is 6.03 Å². The number of nitrogens with one attached hydrogen (secondary N) is 1. The Bertz CT molecular complexity index is 1140. The quantitative estimate of drug-likeness (QED) is 0.683. The van der Waals surface area contributed by atoms with Gasteiger partial charge in [0, 0.05) is 6.54 Å². The van der Waals surface area contributed by atoms with Crippen molar-refractivity contribution < 1.29 is 28.2 Å². The fourth-order valence-electron chi connectivity index (χ4n) is 5.05. The number of ether oxygens (including phenoxy) is 2. The molecule has 4 amide bonds. The summed E-state index contributed by atoms with van der Waals surface area (Å²) in [5.41, 5.74) is 0.104. The van der Waals surface area contributed by atoms with Crippen LogP contribution in [0, 0.1) is 5.82 Å². The normalized spacial score (nSPS) is 23.9. The van der Waals surface area contributed by atoms with Crippen LogP contribution in [0.2, 0.25) is 0 Å². The monoisotopic (exact) mass is 467 g/mol. The minimum atomic E-state index is -1.31. The molecule has 0 saturated carbocycles. The number of hydrogen-bond acceptors (Lipinski definition) is 5. The maximum absolute atomic E-state index is 13.4. The Kier molecular flexibility index (Phi) is 5.63. The van der Waals surface area contributed by atoms with Gasteiger partial charge in [0.15, 0.2) is 11.5 Å². The van der Waals surface area contributed by atoms with E-state index in [1.54, 1.807) is 11.8 Å². The molecule has 0 aliphatic carbocycles. The topological polar surface area (TPSA) is 88.2 Å². The van der Waals surface area contributed by atoms with Gasteiger partial charge in [0.05, 0.1) is 6.04 Å². The standard InChI is InChI=1S/C25H26FN3O5/c1-2-25(17-6-8-18(26)9-7-17)23(31)29(24(32)27-25)15-22(30)28-11-3-4-19(28)16-5-10-20-21(14-16)34-13-12-33-20/h5-10,14,19H,2-4,11-13,15H2,1H3,(H,27,32). The lowest BCUT2D eigenvalue weighted by atomic mass is 9.87. The van der Waals surface area contributed by atoms with Gasteiger partial charge in [-0.15, -0.1) is 0 Å². The molecule has 0 radical (unpaired) electrons. The maximum atomic E-state index is 13.4. The molecule has 3 aliphatic heterocycles. The first-order valence-corrected chi connectivity index (χ1v) is 11.5. The maximum Gasteiger partial charge on any atom is 0.325 e. The highest BCUT2D eigenvalue weighted by Crippen LogP contribution is 2.39. The summed E-state index contributed by atoms with van der Waals surface area (Å²) in [6, 6.07) is 10.4. The van der Waals surface area contributed by atoms with Crippen molar-refractivity contribution in [2.75, 3.05) is 26.3 Å². The number of hydrogen-bond donors (Lipinski definition) is 1. The lowest BCUT2D eigenvalue weighted by Crippen LogP contribution is -2.45. The van der Waals surface area contributed by atoms with Crippen LogP contribution >= 0.6 is 0 Å². The van der Waals surface area contributed by atoms with Crippen molar-refractivity contribution >= 4 is 17.8 Å². The molecule has 2 aromatic carbocycles. The van der Waals surface area contributed by atoms with Crippen molar-refractivity contribution in [1.29, 1.82) is 0 Å². The second kappa shape index (κ2) is 8.62. The number of carbonyl (C=O) groups is 3. The summed E-state index contributed by atoms with van der Waals surface area (Å²) >= 11 is 0. The number of fused-ring (bicyclic) bond motifs is 1. The number of halogens is 1. The van der Waals surface area contributed by atoms with Gasteiger partial charge in [0.2, 0.25) is 5.91 Å². The summed E-state index contributed by atoms with van der Waals surface area (Å²) in [4.78, 5) is 42.1. The minimum Gasteiger partial charge on any atom is -0.486 e. The second-order valence-electron chi connectivity index (χ2n) is 8.74. The summed E-state index contributed by atoms with van der Waals surface area (Å²) in [5, 5.41) is 2.74. The number of carbonyl (C=O) groups excluding carboxylic acids is 3. The SMILES string of the molecule is CCC1(c2ccc(F)cc2)NC(=O)N(CC(=O)N2CCCC2c2ccc3c(c2)OCCO3)C1=O. The van der Waals surface area contributed by atoms with Gasteiger partial charge in [0.25, 0.3) is 5.91 Å². The summed E-state index contributed by atoms with van der Waals surface area (Å²) in [5.74, 6) is 0.103. The van der Waals surface area contributed by atoms with Gasteiger partial charge in [-0.2, -0.15) is 0 Å². The molecule has 0 bridgehead atoms. The zero-order chi connectivity index (χ0) is 23.9. The number of imide groups is 1. The van der Waals surface area contributed by atoms with E-state index in [1.807, 2.05) is 18.2 Å². The van der Waals surface area contributed by atoms with Crippen LogP contribution in [0.3, 0.4) is 0 Å². The number of nitrogens with zero attached hydrogens (tertiary/aromatic N) is 2. The largest absolute Gasteiger partial charge is 0.486 e. The van der Waals surface area contributed by atoms with E-state index in [0.717, 1.165) is 23.3 Å². The van der Waals surface area contributed by atoms with Crippen molar-refractivity contribution in [2.45, 2.75) is 37.8 Å². The van der Waals surface area contributed by atoms with E-state index in [9.17, 15) is 18.8 Å². The second-order valence-corrected chi connectivity index (χ2v) is 8.74. The number of amides is 4. The van der Waals surface area contributed by atoms with E-state index >= 15 is 0 Å². The van der Waals surface area contributed by atoms with Gasteiger partial charge in [-0.1, -0.05) is 25.1 Å². The fourth-order valence-corrected chi connectivity index (χ4v) is 5.05. The third-order valence-electron chi connectivity index (χ3n) is 6.86. The van der Waals surface area contributed by atoms with E-state index in [0.29, 0.717) is 36.8 Å². The van der Waals surface area contributed by atoms with Gasteiger partial charge in [-0.3, -0.25) is 14.5 Å². The molecule has 178 valence electrons. The smallest absolute Gasteiger partial charge is 0.325 e. The van der Waals surface area contributed by atoms with Gasteiger partial charge in [-0.25, -0.2) is 9.18 Å². The highest BCUT2D eigenvalue weighted by Gasteiger charge is 2.52. The fraction of sp³-hybridized carbons (Fsp3) is 0.400. The van der Waals surface area contributed by atoms with Crippen LogP contribution in [0.5, 0.6) is 11.5 Å². The molecule has 3 aliphatic rings. The summed E-state index contributed by atoms with van der Waals surface area (Å²) in [7, 11) is 0. The summed E-state index contributed by atoms with van der Waals surface area (Å²) < 4.78 is 24.7. The first kappa shape index (κ1) is 22.2. The van der Waals surface area contributed by atoms with Crippen LogP contribution in [-0.4, -0.2) is 53.9 Å². The molecule has 2 unspecified atom stereocenters. The molecule has 2 saturated heterocycles. The number of urea groups is 1. The number of benzene rings is 2. The van der Waals surface area contributed by atoms with Crippen LogP contribution in [0.4, 0.5) is 9.18 Å². The van der Waals surface area contributed by atoms with E-state index in [4.69, 9.17) is 9.47 Å². The van der Waals surface area contributed by atoms with E-state index in [2.05, 4.69) is 5.32 Å². The molecule has 2 fully saturated rings. The third kappa shape index (κ3) is 3.65. The Morgan fingerprint density at radius 3 is 2.59 bits per heavy atom. The molecule has 8 nitrogen and oxygen atoms in total. The van der Waals surface area contributed by atoms with Crippen LogP contribution in [-0.2, 0) is 15.1 Å². The van der Waals surface area contributed by atoms with E-state index in [1.165, 1.54) is 24.3 Å². The average molecular weight is 467 g/mol. The summed E-state index contributed by atoms with van der Waals surface area (Å²) in [6.07, 6.45) is 1.87. The van der Waals surface area contributed by atoms with Crippen LogP contribution < -0.4 is 14.8 Å². The predicted octanol–water partition coefficient (Wildman–Crippen LogP) is 3.12. The van der Waals surface area contributed by atoms with Crippen molar-refractivity contribution in [3.8, 4) is 11.5 Å². The van der Waals surface area contributed by atoms with Crippen molar-refractivity contribution in [3.63, 3.8) is 0 Å². The van der Waals surface area contributed by atoms with Crippen LogP contribution in [0.25, 0.3) is 0 Å². The Morgan fingerprint density at radius 2 is 1.85 bits per heavy atom. The molecule has 0 aromatic heterocycles. The first-order valence-electron chi connectivity index (χ1n) is 11.5. The highest BCUT2D eigenvalue weighted by atomic mass is 19.1. The van der Waals surface area contributed by atoms with Gasteiger partial charge in [-0.05, 0) is 54.7 Å². The van der Waals surface area contributed by atoms with Crippen LogP contribution in [0.15, 0.2) is 42.5 Å². The summed E-state index contributed by atoms with van der Waals surface area (Å²) in [6.45, 7) is 2.94. The van der Waals surface area contributed by atoms with E-state index < -0.39 is 23.3 Å². The molecule has 2 aromatic rings. The number of rotatable bonds is 5. The molecular weight excluding hydrogens is 441 g/mol. The third-order valence-corrected chi connectivity index (χ3v) is 6.86. The Morgan fingerprint density at radius 1 is 1.12 bits per heavy atom.